The Morgan fingerprint density at radius 2 is 1.40 bits per heavy atom. The molecule has 0 atom stereocenters. The quantitative estimate of drug-likeness (QED) is 0.322. The molecular weight excluding hydrogens is 372 g/mol. The van der Waals surface area contributed by atoms with E-state index in [1.54, 1.807) is 6.21 Å². The van der Waals surface area contributed by atoms with Gasteiger partial charge in [-0.25, -0.2) is 10.4 Å². The predicted molar refractivity (Wildman–Crippen MR) is 120 cm³/mol. The van der Waals surface area contributed by atoms with Crippen LogP contribution in [-0.2, 0) is 0 Å². The van der Waals surface area contributed by atoms with Crippen molar-refractivity contribution >= 4 is 23.1 Å². The highest BCUT2D eigenvalue weighted by Crippen LogP contribution is 2.28. The van der Waals surface area contributed by atoms with Crippen molar-refractivity contribution in [1.82, 2.24) is 20.2 Å². The third-order valence-corrected chi connectivity index (χ3v) is 4.77. The summed E-state index contributed by atoms with van der Waals surface area (Å²) in [7, 11) is 0. The van der Waals surface area contributed by atoms with Gasteiger partial charge in [0.05, 0.1) is 6.21 Å². The maximum absolute atomic E-state index is 4.69. The van der Waals surface area contributed by atoms with Crippen molar-refractivity contribution in [3.8, 4) is 22.5 Å². The molecular formula is C24H18N6. The minimum absolute atomic E-state index is 0.338. The number of hydrazone groups is 1. The van der Waals surface area contributed by atoms with E-state index in [4.69, 9.17) is 4.98 Å². The number of nitrogens with zero attached hydrogens (tertiary/aromatic N) is 4. The van der Waals surface area contributed by atoms with Crippen LogP contribution in [0.3, 0.4) is 0 Å². The zero-order chi connectivity index (χ0) is 20.2. The molecule has 3 aromatic carbocycles. The molecule has 0 bridgehead atoms. The number of hydrogen-bond donors (Lipinski definition) is 2. The molecule has 0 aliphatic rings. The first kappa shape index (κ1) is 17.8. The molecule has 0 aliphatic carbocycles. The zero-order valence-electron chi connectivity index (χ0n) is 16.0. The molecule has 2 aromatic heterocycles. The summed E-state index contributed by atoms with van der Waals surface area (Å²) >= 11 is 0. The predicted octanol–water partition coefficient (Wildman–Crippen LogP) is 5.13. The molecule has 5 rings (SSSR count). The highest BCUT2D eigenvalue weighted by Gasteiger charge is 2.13. The van der Waals surface area contributed by atoms with Crippen LogP contribution in [0.25, 0.3) is 33.4 Å². The zero-order valence-corrected chi connectivity index (χ0v) is 16.0. The van der Waals surface area contributed by atoms with Crippen LogP contribution in [0.15, 0.2) is 96.2 Å². The van der Waals surface area contributed by atoms with Crippen molar-refractivity contribution in [3.63, 3.8) is 0 Å². The number of H-pyrrole nitrogens is 1. The van der Waals surface area contributed by atoms with Gasteiger partial charge in [0.15, 0.2) is 0 Å². The lowest BCUT2D eigenvalue weighted by Gasteiger charge is -2.09. The second kappa shape index (κ2) is 7.97. The second-order valence-electron chi connectivity index (χ2n) is 6.72. The summed E-state index contributed by atoms with van der Waals surface area (Å²) in [5, 5.41) is 14.1. The second-order valence-corrected chi connectivity index (χ2v) is 6.72. The largest absolute Gasteiger partial charge is 0.361 e. The smallest absolute Gasteiger partial charge is 0.263 e. The Balaban J connectivity index is 1.47. The fraction of sp³-hybridized carbons (Fsp3) is 0. The lowest BCUT2D eigenvalue weighted by atomic mass is 10.0. The van der Waals surface area contributed by atoms with Gasteiger partial charge in [0.2, 0.25) is 0 Å². The normalized spacial score (nSPS) is 11.2. The highest BCUT2D eigenvalue weighted by atomic mass is 15.4. The van der Waals surface area contributed by atoms with Crippen LogP contribution in [0.5, 0.6) is 0 Å². The summed E-state index contributed by atoms with van der Waals surface area (Å²) in [5.41, 5.74) is 8.37. The van der Waals surface area contributed by atoms with E-state index < -0.39 is 0 Å². The molecule has 2 N–H and O–H groups in total. The number of fused-ring (bicyclic) bond motifs is 1. The first-order chi connectivity index (χ1) is 14.9. The van der Waals surface area contributed by atoms with Crippen LogP contribution in [0, 0.1) is 0 Å². The number of aromatic amines is 1. The van der Waals surface area contributed by atoms with Crippen molar-refractivity contribution in [3.05, 3.63) is 96.7 Å². The topological polar surface area (TPSA) is 78.8 Å². The number of anilines is 1. The molecule has 6 nitrogen and oxygen atoms in total. The maximum Gasteiger partial charge on any atom is 0.263 e. The summed E-state index contributed by atoms with van der Waals surface area (Å²) in [5.74, 6) is 0.338. The van der Waals surface area contributed by atoms with Crippen LogP contribution in [0.1, 0.15) is 5.56 Å². The van der Waals surface area contributed by atoms with E-state index >= 15 is 0 Å². The Hall–Kier alpha value is -4.32. The van der Waals surface area contributed by atoms with Crippen LogP contribution < -0.4 is 5.43 Å². The van der Waals surface area contributed by atoms with Gasteiger partial charge in [-0.2, -0.15) is 5.10 Å². The average Bonchev–Trinajstić information content (AvgIpc) is 3.23. The highest BCUT2D eigenvalue weighted by molar-refractivity contribution is 5.99. The van der Waals surface area contributed by atoms with E-state index in [9.17, 15) is 0 Å². The Kier molecular flexibility index (Phi) is 4.72. The van der Waals surface area contributed by atoms with Crippen molar-refractivity contribution in [1.29, 1.82) is 0 Å². The Labute approximate surface area is 173 Å². The van der Waals surface area contributed by atoms with E-state index in [1.165, 1.54) is 0 Å². The van der Waals surface area contributed by atoms with Crippen molar-refractivity contribution in [2.45, 2.75) is 0 Å². The summed E-state index contributed by atoms with van der Waals surface area (Å²) in [6.45, 7) is 0. The fourth-order valence-corrected chi connectivity index (χ4v) is 3.32. The van der Waals surface area contributed by atoms with E-state index in [0.29, 0.717) is 5.95 Å². The van der Waals surface area contributed by atoms with E-state index in [0.717, 1.165) is 39.0 Å². The monoisotopic (exact) mass is 390 g/mol. The molecule has 0 unspecified atom stereocenters. The summed E-state index contributed by atoms with van der Waals surface area (Å²) in [6.07, 6.45) is 3.67. The summed E-state index contributed by atoms with van der Waals surface area (Å²) < 4.78 is 0. The number of para-hydroxylation sites is 1. The van der Waals surface area contributed by atoms with Gasteiger partial charge in [0.1, 0.15) is 11.4 Å². The van der Waals surface area contributed by atoms with E-state index in [2.05, 4.69) is 25.7 Å². The SMILES string of the molecule is C(=NNc1nnc(-c2ccccc2)c(-c2ccccc2)n1)c1c[nH]c2ccccc12. The minimum atomic E-state index is 0.338. The molecule has 0 radical (unpaired) electrons. The molecule has 6 heteroatoms. The first-order valence-corrected chi connectivity index (χ1v) is 9.59. The summed E-state index contributed by atoms with van der Waals surface area (Å²) in [4.78, 5) is 7.92. The van der Waals surface area contributed by atoms with E-state index in [-0.39, 0.29) is 0 Å². The molecule has 0 saturated carbocycles. The van der Waals surface area contributed by atoms with Gasteiger partial charge < -0.3 is 4.98 Å². The molecule has 144 valence electrons. The lowest BCUT2D eigenvalue weighted by Crippen LogP contribution is -2.03. The number of benzene rings is 3. The van der Waals surface area contributed by atoms with Gasteiger partial charge in [0.25, 0.3) is 5.95 Å². The van der Waals surface area contributed by atoms with Gasteiger partial charge in [0, 0.05) is 33.8 Å². The lowest BCUT2D eigenvalue weighted by molar-refractivity contribution is 0.973. The molecule has 0 aliphatic heterocycles. The molecule has 2 heterocycles. The molecule has 0 saturated heterocycles. The number of hydrogen-bond acceptors (Lipinski definition) is 5. The third kappa shape index (κ3) is 3.54. The van der Waals surface area contributed by atoms with Crippen molar-refractivity contribution in [2.24, 2.45) is 5.10 Å². The first-order valence-electron chi connectivity index (χ1n) is 9.59. The molecule has 5 aromatic rings. The van der Waals surface area contributed by atoms with Crippen LogP contribution in [-0.4, -0.2) is 26.4 Å². The van der Waals surface area contributed by atoms with Crippen LogP contribution in [0.2, 0.25) is 0 Å². The summed E-state index contributed by atoms with van der Waals surface area (Å²) in [6, 6.07) is 28.0. The van der Waals surface area contributed by atoms with Gasteiger partial charge >= 0.3 is 0 Å². The average molecular weight is 390 g/mol. The number of nitrogens with one attached hydrogen (secondary N) is 2. The van der Waals surface area contributed by atoms with Gasteiger partial charge in [-0.05, 0) is 6.07 Å². The number of aromatic nitrogens is 4. The van der Waals surface area contributed by atoms with Gasteiger partial charge in [-0.3, -0.25) is 0 Å². The van der Waals surface area contributed by atoms with Crippen molar-refractivity contribution in [2.75, 3.05) is 5.43 Å². The Morgan fingerprint density at radius 3 is 2.17 bits per heavy atom. The Bertz CT molecular complexity index is 1310. The third-order valence-electron chi connectivity index (χ3n) is 4.77. The standard InChI is InChI=1S/C24H18N6/c1-3-9-17(10-4-1)22-23(18-11-5-2-6-12-18)28-30-24(27-22)29-26-16-19-15-25-21-14-8-7-13-20(19)21/h1-16,25H,(H,27,29,30). The number of rotatable bonds is 5. The van der Waals surface area contributed by atoms with Crippen molar-refractivity contribution < 1.29 is 0 Å². The van der Waals surface area contributed by atoms with Crippen LogP contribution in [0.4, 0.5) is 5.95 Å². The van der Waals surface area contributed by atoms with Crippen LogP contribution >= 0.6 is 0 Å². The maximum atomic E-state index is 4.69. The molecule has 0 spiro atoms. The molecule has 30 heavy (non-hydrogen) atoms. The molecule has 0 amide bonds. The minimum Gasteiger partial charge on any atom is -0.361 e. The van der Waals surface area contributed by atoms with E-state index in [1.807, 2.05) is 91.1 Å². The Morgan fingerprint density at radius 1 is 0.733 bits per heavy atom. The fourth-order valence-electron chi connectivity index (χ4n) is 3.32. The van der Waals surface area contributed by atoms with Gasteiger partial charge in [-0.15, -0.1) is 10.2 Å². The van der Waals surface area contributed by atoms with Gasteiger partial charge in [-0.1, -0.05) is 78.9 Å². The molecule has 0 fully saturated rings.